The van der Waals surface area contributed by atoms with Crippen molar-refractivity contribution < 1.29 is 15.0 Å². The van der Waals surface area contributed by atoms with Gasteiger partial charge in [0, 0.05) is 11.4 Å². The van der Waals surface area contributed by atoms with Crippen molar-refractivity contribution in [3.05, 3.63) is 41.2 Å². The lowest BCUT2D eigenvalue weighted by atomic mass is 10.2. The Labute approximate surface area is 109 Å². The number of aryl methyl sites for hydroxylation is 2. The number of nitrogens with one attached hydrogen (secondary N) is 1. The molecule has 1 aromatic carbocycles. The van der Waals surface area contributed by atoms with Crippen molar-refractivity contribution in [3.8, 4) is 5.75 Å². The van der Waals surface area contributed by atoms with Crippen LogP contribution in [0, 0.1) is 13.8 Å². The smallest absolute Gasteiger partial charge is 0.335 e. The van der Waals surface area contributed by atoms with E-state index < -0.39 is 5.97 Å². The third-order valence-electron chi connectivity index (χ3n) is 2.47. The minimum absolute atomic E-state index is 0.0623. The van der Waals surface area contributed by atoms with Gasteiger partial charge in [0.15, 0.2) is 0 Å². The average molecular weight is 259 g/mol. The molecule has 6 nitrogen and oxygen atoms in total. The van der Waals surface area contributed by atoms with Gasteiger partial charge in [-0.1, -0.05) is 0 Å². The van der Waals surface area contributed by atoms with Crippen LogP contribution < -0.4 is 5.32 Å². The lowest BCUT2D eigenvalue weighted by Crippen LogP contribution is -2.02. The van der Waals surface area contributed by atoms with E-state index in [1.165, 1.54) is 18.2 Å². The van der Waals surface area contributed by atoms with E-state index in [1.54, 1.807) is 0 Å². The summed E-state index contributed by atoms with van der Waals surface area (Å²) in [5.41, 5.74) is 1.89. The van der Waals surface area contributed by atoms with Crippen LogP contribution in [0.15, 0.2) is 24.3 Å². The fourth-order valence-corrected chi connectivity index (χ4v) is 1.67. The summed E-state index contributed by atoms with van der Waals surface area (Å²) < 4.78 is 0. The third kappa shape index (κ3) is 2.98. The summed E-state index contributed by atoms with van der Waals surface area (Å²) >= 11 is 0. The normalized spacial score (nSPS) is 10.2. The second-order valence-electron chi connectivity index (χ2n) is 4.14. The molecule has 1 heterocycles. The van der Waals surface area contributed by atoms with E-state index in [9.17, 15) is 9.90 Å². The standard InChI is InChI=1S/C13H13N3O3/c1-7-5-8(2)15-13(14-7)16-10-6-9(12(18)19)3-4-11(10)17/h3-6,17H,1-2H3,(H,18,19)(H,14,15,16). The monoisotopic (exact) mass is 259 g/mol. The maximum Gasteiger partial charge on any atom is 0.335 e. The number of hydrogen-bond donors (Lipinski definition) is 3. The predicted molar refractivity (Wildman–Crippen MR) is 69.9 cm³/mol. The zero-order chi connectivity index (χ0) is 14.0. The van der Waals surface area contributed by atoms with Crippen LogP contribution in [0.3, 0.4) is 0 Å². The number of carboxylic acid groups (broad SMARTS) is 1. The molecule has 19 heavy (non-hydrogen) atoms. The van der Waals surface area contributed by atoms with E-state index in [4.69, 9.17) is 5.11 Å². The first kappa shape index (κ1) is 12.8. The van der Waals surface area contributed by atoms with Crippen LogP contribution in [-0.2, 0) is 0 Å². The van der Waals surface area contributed by atoms with Crippen molar-refractivity contribution in [1.29, 1.82) is 0 Å². The third-order valence-corrected chi connectivity index (χ3v) is 2.47. The molecule has 1 aromatic heterocycles. The Morgan fingerprint density at radius 2 is 1.79 bits per heavy atom. The van der Waals surface area contributed by atoms with Gasteiger partial charge in [-0.25, -0.2) is 14.8 Å². The predicted octanol–water partition coefficient (Wildman–Crippen LogP) is 2.24. The topological polar surface area (TPSA) is 95.3 Å². The minimum atomic E-state index is -1.07. The molecular formula is C13H13N3O3. The number of anilines is 2. The van der Waals surface area contributed by atoms with Crippen LogP contribution in [0.25, 0.3) is 0 Å². The van der Waals surface area contributed by atoms with Gasteiger partial charge in [-0.15, -0.1) is 0 Å². The molecule has 98 valence electrons. The van der Waals surface area contributed by atoms with Crippen LogP contribution >= 0.6 is 0 Å². The van der Waals surface area contributed by atoms with Gasteiger partial charge in [0.1, 0.15) is 5.75 Å². The Morgan fingerprint density at radius 3 is 2.37 bits per heavy atom. The second kappa shape index (κ2) is 4.93. The fraction of sp³-hybridized carbons (Fsp3) is 0.154. The molecule has 0 saturated heterocycles. The van der Waals surface area contributed by atoms with Gasteiger partial charge in [0.2, 0.25) is 5.95 Å². The summed E-state index contributed by atoms with van der Waals surface area (Å²) in [5.74, 6) is -0.813. The van der Waals surface area contributed by atoms with Gasteiger partial charge in [-0.3, -0.25) is 0 Å². The van der Waals surface area contributed by atoms with E-state index in [1.807, 2.05) is 19.9 Å². The summed E-state index contributed by atoms with van der Waals surface area (Å²) in [6.07, 6.45) is 0. The highest BCUT2D eigenvalue weighted by atomic mass is 16.4. The summed E-state index contributed by atoms with van der Waals surface area (Å²) in [6.45, 7) is 3.65. The van der Waals surface area contributed by atoms with E-state index in [-0.39, 0.29) is 17.0 Å². The molecule has 0 radical (unpaired) electrons. The largest absolute Gasteiger partial charge is 0.506 e. The van der Waals surface area contributed by atoms with E-state index >= 15 is 0 Å². The fourth-order valence-electron chi connectivity index (χ4n) is 1.67. The SMILES string of the molecule is Cc1cc(C)nc(Nc2cc(C(=O)O)ccc2O)n1. The molecule has 0 aliphatic heterocycles. The quantitative estimate of drug-likeness (QED) is 0.732. The summed E-state index contributed by atoms with van der Waals surface area (Å²) in [4.78, 5) is 19.2. The van der Waals surface area contributed by atoms with Gasteiger partial charge < -0.3 is 15.5 Å². The molecule has 0 amide bonds. The molecule has 0 atom stereocenters. The molecule has 0 saturated carbocycles. The molecular weight excluding hydrogens is 246 g/mol. The number of rotatable bonds is 3. The zero-order valence-electron chi connectivity index (χ0n) is 10.5. The molecule has 3 N–H and O–H groups in total. The van der Waals surface area contributed by atoms with Crippen LogP contribution in [-0.4, -0.2) is 26.2 Å². The number of phenolic OH excluding ortho intramolecular Hbond substituents is 1. The van der Waals surface area contributed by atoms with Gasteiger partial charge in [0.25, 0.3) is 0 Å². The Bertz CT molecular complexity index is 621. The Hall–Kier alpha value is -2.63. The van der Waals surface area contributed by atoms with Crippen molar-refractivity contribution in [2.45, 2.75) is 13.8 Å². The second-order valence-corrected chi connectivity index (χ2v) is 4.14. The molecule has 0 bridgehead atoms. The molecule has 2 rings (SSSR count). The number of aromatic nitrogens is 2. The number of aromatic carboxylic acids is 1. The summed E-state index contributed by atoms with van der Waals surface area (Å²) in [5, 5.41) is 21.4. The minimum Gasteiger partial charge on any atom is -0.506 e. The maximum atomic E-state index is 10.9. The molecule has 0 aliphatic carbocycles. The number of aromatic hydroxyl groups is 1. The summed E-state index contributed by atoms with van der Waals surface area (Å²) in [6, 6.07) is 5.79. The number of hydrogen-bond acceptors (Lipinski definition) is 5. The lowest BCUT2D eigenvalue weighted by Gasteiger charge is -2.09. The van der Waals surface area contributed by atoms with E-state index in [2.05, 4.69) is 15.3 Å². The molecule has 2 aromatic rings. The highest BCUT2D eigenvalue weighted by molar-refractivity contribution is 5.89. The van der Waals surface area contributed by atoms with Crippen LogP contribution in [0.4, 0.5) is 11.6 Å². The maximum absolute atomic E-state index is 10.9. The van der Waals surface area contributed by atoms with Crippen molar-refractivity contribution in [1.82, 2.24) is 9.97 Å². The first-order valence-electron chi connectivity index (χ1n) is 5.61. The molecule has 0 aliphatic rings. The van der Waals surface area contributed by atoms with Gasteiger partial charge in [-0.05, 0) is 38.1 Å². The first-order chi connectivity index (χ1) is 8.95. The van der Waals surface area contributed by atoms with Crippen molar-refractivity contribution in [3.63, 3.8) is 0 Å². The lowest BCUT2D eigenvalue weighted by molar-refractivity contribution is 0.0697. The molecule has 0 fully saturated rings. The number of carbonyl (C=O) groups is 1. The molecule has 0 unspecified atom stereocenters. The summed E-state index contributed by atoms with van der Waals surface area (Å²) in [7, 11) is 0. The Balaban J connectivity index is 2.37. The number of benzene rings is 1. The van der Waals surface area contributed by atoms with Gasteiger partial charge >= 0.3 is 5.97 Å². The number of phenols is 1. The molecule has 0 spiro atoms. The average Bonchev–Trinajstić information content (AvgIpc) is 2.30. The van der Waals surface area contributed by atoms with E-state index in [0.29, 0.717) is 5.95 Å². The van der Waals surface area contributed by atoms with Crippen LogP contribution in [0.5, 0.6) is 5.75 Å². The van der Waals surface area contributed by atoms with Crippen molar-refractivity contribution in [2.75, 3.05) is 5.32 Å². The first-order valence-corrected chi connectivity index (χ1v) is 5.61. The van der Waals surface area contributed by atoms with Crippen molar-refractivity contribution >= 4 is 17.6 Å². The van der Waals surface area contributed by atoms with Crippen molar-refractivity contribution in [2.24, 2.45) is 0 Å². The highest BCUT2D eigenvalue weighted by Crippen LogP contribution is 2.26. The molecule has 6 heteroatoms. The Morgan fingerprint density at radius 1 is 1.16 bits per heavy atom. The van der Waals surface area contributed by atoms with Crippen LogP contribution in [0.2, 0.25) is 0 Å². The number of nitrogens with zero attached hydrogens (tertiary/aromatic N) is 2. The zero-order valence-corrected chi connectivity index (χ0v) is 10.5. The Kier molecular flexibility index (Phi) is 3.33. The highest BCUT2D eigenvalue weighted by Gasteiger charge is 2.09. The van der Waals surface area contributed by atoms with E-state index in [0.717, 1.165) is 11.4 Å². The van der Waals surface area contributed by atoms with Crippen LogP contribution in [0.1, 0.15) is 21.7 Å². The van der Waals surface area contributed by atoms with Gasteiger partial charge in [0.05, 0.1) is 11.3 Å². The van der Waals surface area contributed by atoms with Gasteiger partial charge in [-0.2, -0.15) is 0 Å². The number of carboxylic acids is 1.